The molecule has 0 spiro atoms. The Bertz CT molecular complexity index is 582. The van der Waals surface area contributed by atoms with Crippen LogP contribution in [-0.4, -0.2) is 30.6 Å². The van der Waals surface area contributed by atoms with Crippen LogP contribution in [0.1, 0.15) is 24.0 Å². The molecule has 116 valence electrons. The van der Waals surface area contributed by atoms with Crippen LogP contribution in [0.2, 0.25) is 0 Å². The van der Waals surface area contributed by atoms with E-state index in [0.717, 1.165) is 25.4 Å². The monoisotopic (exact) mass is 296 g/mol. The van der Waals surface area contributed by atoms with E-state index in [1.807, 2.05) is 19.1 Å². The number of rotatable bonds is 5. The van der Waals surface area contributed by atoms with Crippen LogP contribution in [0.25, 0.3) is 0 Å². The highest BCUT2D eigenvalue weighted by Gasteiger charge is 2.31. The van der Waals surface area contributed by atoms with Gasteiger partial charge in [-0.15, -0.1) is 0 Å². The summed E-state index contributed by atoms with van der Waals surface area (Å²) < 4.78 is 5.51. The Labute approximate surface area is 132 Å². The van der Waals surface area contributed by atoms with Gasteiger partial charge in [0.05, 0.1) is 6.61 Å². The van der Waals surface area contributed by atoms with E-state index < -0.39 is 0 Å². The lowest BCUT2D eigenvalue weighted by atomic mass is 9.95. The van der Waals surface area contributed by atoms with Gasteiger partial charge in [0.1, 0.15) is 5.75 Å². The van der Waals surface area contributed by atoms with Crippen molar-refractivity contribution in [2.45, 2.75) is 25.4 Å². The van der Waals surface area contributed by atoms with Crippen molar-refractivity contribution in [3.63, 3.8) is 0 Å². The van der Waals surface area contributed by atoms with Crippen LogP contribution < -0.4 is 10.5 Å². The summed E-state index contributed by atoms with van der Waals surface area (Å²) in [6.45, 7) is 5.65. The van der Waals surface area contributed by atoms with Crippen LogP contribution in [0.15, 0.2) is 54.6 Å². The van der Waals surface area contributed by atoms with Gasteiger partial charge in [0, 0.05) is 31.6 Å². The van der Waals surface area contributed by atoms with Crippen LogP contribution in [0.5, 0.6) is 5.75 Å². The molecule has 2 N–H and O–H groups in total. The van der Waals surface area contributed by atoms with Crippen LogP contribution in [0.3, 0.4) is 0 Å². The predicted octanol–water partition coefficient (Wildman–Crippen LogP) is 3.01. The molecule has 2 unspecified atom stereocenters. The van der Waals surface area contributed by atoms with Crippen molar-refractivity contribution in [2.24, 2.45) is 5.73 Å². The van der Waals surface area contributed by atoms with E-state index in [1.54, 1.807) is 0 Å². The summed E-state index contributed by atoms with van der Waals surface area (Å²) >= 11 is 0. The fourth-order valence-electron chi connectivity index (χ4n) is 3.21. The van der Waals surface area contributed by atoms with Crippen LogP contribution in [0, 0.1) is 0 Å². The highest BCUT2D eigenvalue weighted by molar-refractivity contribution is 5.31. The summed E-state index contributed by atoms with van der Waals surface area (Å²) in [5.41, 5.74) is 9.04. The van der Waals surface area contributed by atoms with Gasteiger partial charge in [0.25, 0.3) is 0 Å². The van der Waals surface area contributed by atoms with Gasteiger partial charge in [0.2, 0.25) is 0 Å². The van der Waals surface area contributed by atoms with Gasteiger partial charge in [-0.05, 0) is 30.2 Å². The standard InChI is InChI=1S/C19H24N2O/c1-2-22-17-10-8-16(9-11-17)18-13-21(14-19(18)20)12-15-6-4-3-5-7-15/h3-11,18-19H,2,12-14,20H2,1H3. The maximum atomic E-state index is 6.38. The number of nitrogens with two attached hydrogens (primary N) is 1. The third-order valence-corrected chi connectivity index (χ3v) is 4.31. The second kappa shape index (κ2) is 6.95. The molecule has 0 aromatic heterocycles. The predicted molar refractivity (Wildman–Crippen MR) is 90.0 cm³/mol. The third kappa shape index (κ3) is 3.49. The van der Waals surface area contributed by atoms with E-state index in [4.69, 9.17) is 10.5 Å². The summed E-state index contributed by atoms with van der Waals surface area (Å²) in [6.07, 6.45) is 0. The smallest absolute Gasteiger partial charge is 0.119 e. The number of likely N-dealkylation sites (tertiary alicyclic amines) is 1. The van der Waals surface area contributed by atoms with Gasteiger partial charge in [-0.2, -0.15) is 0 Å². The zero-order valence-corrected chi connectivity index (χ0v) is 13.1. The Morgan fingerprint density at radius 2 is 1.77 bits per heavy atom. The van der Waals surface area contributed by atoms with Gasteiger partial charge in [-0.25, -0.2) is 0 Å². The summed E-state index contributed by atoms with van der Waals surface area (Å²) in [5, 5.41) is 0. The van der Waals surface area contributed by atoms with Crippen molar-refractivity contribution < 1.29 is 4.74 Å². The molecule has 22 heavy (non-hydrogen) atoms. The summed E-state index contributed by atoms with van der Waals surface area (Å²) in [6, 6.07) is 19.2. The Kier molecular flexibility index (Phi) is 4.76. The third-order valence-electron chi connectivity index (χ3n) is 4.31. The molecule has 2 aromatic carbocycles. The van der Waals surface area contributed by atoms with E-state index in [1.165, 1.54) is 11.1 Å². The molecule has 0 amide bonds. The molecule has 3 heteroatoms. The molecule has 2 aromatic rings. The maximum Gasteiger partial charge on any atom is 0.119 e. The molecule has 0 aliphatic carbocycles. The van der Waals surface area contributed by atoms with E-state index >= 15 is 0 Å². The minimum atomic E-state index is 0.196. The Morgan fingerprint density at radius 1 is 1.05 bits per heavy atom. The van der Waals surface area contributed by atoms with Crippen molar-refractivity contribution in [2.75, 3.05) is 19.7 Å². The average Bonchev–Trinajstić information content (AvgIpc) is 2.90. The number of hydrogen-bond acceptors (Lipinski definition) is 3. The van der Waals surface area contributed by atoms with Crippen LogP contribution in [0.4, 0.5) is 0 Å². The van der Waals surface area contributed by atoms with Gasteiger partial charge in [-0.1, -0.05) is 42.5 Å². The molecular weight excluding hydrogens is 272 g/mol. The molecule has 1 aliphatic heterocycles. The van der Waals surface area contributed by atoms with Crippen molar-refractivity contribution in [3.05, 3.63) is 65.7 Å². The van der Waals surface area contributed by atoms with E-state index in [0.29, 0.717) is 12.5 Å². The normalized spacial score (nSPS) is 21.9. The number of benzene rings is 2. The van der Waals surface area contributed by atoms with Gasteiger partial charge >= 0.3 is 0 Å². The minimum Gasteiger partial charge on any atom is -0.494 e. The largest absolute Gasteiger partial charge is 0.494 e. The fraction of sp³-hybridized carbons (Fsp3) is 0.368. The molecule has 0 radical (unpaired) electrons. The summed E-state index contributed by atoms with van der Waals surface area (Å²) in [5.74, 6) is 1.33. The van der Waals surface area contributed by atoms with Crippen molar-refractivity contribution in [1.82, 2.24) is 4.90 Å². The van der Waals surface area contributed by atoms with Gasteiger partial charge < -0.3 is 10.5 Å². The molecule has 3 rings (SSSR count). The Hall–Kier alpha value is -1.84. The summed E-state index contributed by atoms with van der Waals surface area (Å²) in [4.78, 5) is 2.45. The Morgan fingerprint density at radius 3 is 2.45 bits per heavy atom. The van der Waals surface area contributed by atoms with Gasteiger partial charge in [-0.3, -0.25) is 4.90 Å². The molecule has 1 fully saturated rings. The highest BCUT2D eigenvalue weighted by Crippen LogP contribution is 2.28. The maximum absolute atomic E-state index is 6.38. The van der Waals surface area contributed by atoms with E-state index in [-0.39, 0.29) is 6.04 Å². The number of hydrogen-bond donors (Lipinski definition) is 1. The van der Waals surface area contributed by atoms with Crippen LogP contribution in [-0.2, 0) is 6.54 Å². The van der Waals surface area contributed by atoms with Crippen LogP contribution >= 0.6 is 0 Å². The molecule has 1 saturated heterocycles. The quantitative estimate of drug-likeness (QED) is 0.922. The van der Waals surface area contributed by atoms with Crippen molar-refractivity contribution in [3.8, 4) is 5.75 Å². The first kappa shape index (κ1) is 15.1. The first-order chi connectivity index (χ1) is 10.8. The molecule has 0 saturated carbocycles. The SMILES string of the molecule is CCOc1ccc(C2CN(Cc3ccccc3)CC2N)cc1. The highest BCUT2D eigenvalue weighted by atomic mass is 16.5. The van der Waals surface area contributed by atoms with Gasteiger partial charge in [0.15, 0.2) is 0 Å². The number of ether oxygens (including phenoxy) is 1. The molecule has 0 bridgehead atoms. The topological polar surface area (TPSA) is 38.5 Å². The molecule has 2 atom stereocenters. The lowest BCUT2D eigenvalue weighted by Gasteiger charge is -2.16. The first-order valence-corrected chi connectivity index (χ1v) is 8.01. The minimum absolute atomic E-state index is 0.196. The lowest BCUT2D eigenvalue weighted by molar-refractivity contribution is 0.323. The number of nitrogens with zero attached hydrogens (tertiary/aromatic N) is 1. The van der Waals surface area contributed by atoms with Crippen molar-refractivity contribution >= 4 is 0 Å². The Balaban J connectivity index is 1.65. The van der Waals surface area contributed by atoms with E-state index in [2.05, 4.69) is 47.4 Å². The second-order valence-corrected chi connectivity index (χ2v) is 5.95. The zero-order chi connectivity index (χ0) is 15.4. The second-order valence-electron chi connectivity index (χ2n) is 5.95. The molecule has 1 aliphatic rings. The fourth-order valence-corrected chi connectivity index (χ4v) is 3.21. The van der Waals surface area contributed by atoms with Crippen molar-refractivity contribution in [1.29, 1.82) is 0 Å². The van der Waals surface area contributed by atoms with E-state index in [9.17, 15) is 0 Å². The zero-order valence-electron chi connectivity index (χ0n) is 13.1. The molecule has 1 heterocycles. The first-order valence-electron chi connectivity index (χ1n) is 8.01. The average molecular weight is 296 g/mol. The summed E-state index contributed by atoms with van der Waals surface area (Å²) in [7, 11) is 0. The molecular formula is C19H24N2O. The lowest BCUT2D eigenvalue weighted by Crippen LogP contribution is -2.28. The molecule has 3 nitrogen and oxygen atoms in total.